The Balaban J connectivity index is 0.000001000. The first-order chi connectivity index (χ1) is 4.75. The van der Waals surface area contributed by atoms with Crippen molar-refractivity contribution >= 4 is 18.3 Å². The van der Waals surface area contributed by atoms with Gasteiger partial charge in [0.1, 0.15) is 0 Å². The Hall–Kier alpha value is -0.0134. The molecule has 11 heavy (non-hydrogen) atoms. The Morgan fingerprint density at radius 3 is 2.09 bits per heavy atom. The summed E-state index contributed by atoms with van der Waals surface area (Å²) in [6, 6.07) is 0. The largest absolute Gasteiger partial charge is 0.536 e. The summed E-state index contributed by atoms with van der Waals surface area (Å²) in [5.41, 5.74) is 0. The summed E-state index contributed by atoms with van der Waals surface area (Å²) >= 11 is 0. The number of hydrogen-bond acceptors (Lipinski definition) is 4. The summed E-state index contributed by atoms with van der Waals surface area (Å²) < 4.78 is 0. The third kappa shape index (κ3) is 2.49. The molecule has 0 N–H and O–H groups in total. The van der Waals surface area contributed by atoms with E-state index in [0.717, 1.165) is 6.47 Å². The van der Waals surface area contributed by atoms with E-state index in [1.165, 1.54) is 0 Å². The quantitative estimate of drug-likeness (QED) is 0.488. The van der Waals surface area contributed by atoms with E-state index in [0.29, 0.717) is 5.06 Å². The van der Waals surface area contributed by atoms with Crippen molar-refractivity contribution in [2.24, 2.45) is 0 Å². The third-order valence-corrected chi connectivity index (χ3v) is 1.13. The van der Waals surface area contributed by atoms with E-state index in [2.05, 4.69) is 4.84 Å². The van der Waals surface area contributed by atoms with E-state index >= 15 is 0 Å². The van der Waals surface area contributed by atoms with Crippen molar-refractivity contribution in [2.75, 3.05) is 0 Å². The van der Waals surface area contributed by atoms with E-state index in [9.17, 15) is 14.4 Å². The summed E-state index contributed by atoms with van der Waals surface area (Å²) in [4.78, 5) is 34.7. The van der Waals surface area contributed by atoms with Crippen LogP contribution in [0.5, 0.6) is 0 Å². The fourth-order valence-electron chi connectivity index (χ4n) is 0.695. The third-order valence-electron chi connectivity index (χ3n) is 1.13. The minimum absolute atomic E-state index is 0. The van der Waals surface area contributed by atoms with Crippen LogP contribution in [0, 0.1) is 41.7 Å². The number of rotatable bonds is 2. The second-order valence-electron chi connectivity index (χ2n) is 1.76. The van der Waals surface area contributed by atoms with Crippen LogP contribution in [0.15, 0.2) is 0 Å². The van der Waals surface area contributed by atoms with Crippen molar-refractivity contribution in [1.82, 2.24) is 5.06 Å². The van der Waals surface area contributed by atoms with Crippen molar-refractivity contribution < 1.29 is 61.0 Å². The van der Waals surface area contributed by atoms with Crippen LogP contribution >= 0.6 is 0 Å². The van der Waals surface area contributed by atoms with Gasteiger partial charge in [-0.1, -0.05) is 0 Å². The minimum Gasteiger partial charge on any atom is -0.536 e. The van der Waals surface area contributed by atoms with Crippen LogP contribution in [0.4, 0.5) is 0 Å². The van der Waals surface area contributed by atoms with Gasteiger partial charge in [-0.2, -0.15) is 0 Å². The van der Waals surface area contributed by atoms with Gasteiger partial charge >= 0.3 is 0 Å². The summed E-state index contributed by atoms with van der Waals surface area (Å²) in [5.74, 6) is -0.985. The smallest absolute Gasteiger partial charge is 0.260 e. The summed E-state index contributed by atoms with van der Waals surface area (Å²) in [7, 11) is 0. The molecule has 0 aromatic carbocycles. The molecule has 6 heteroatoms. The molecule has 0 unspecified atom stereocenters. The normalized spacial score (nSPS) is 16.2. The van der Waals surface area contributed by atoms with Gasteiger partial charge in [0.25, 0.3) is 11.8 Å². The average Bonchev–Trinajstić information content (AvgIpc) is 2.20. The van der Waals surface area contributed by atoms with Crippen molar-refractivity contribution in [1.29, 1.82) is 0 Å². The maximum absolute atomic E-state index is 10.6. The Kier molecular flexibility index (Phi) is 4.78. The average molecular weight is 282 g/mol. The molecule has 1 aliphatic rings. The Morgan fingerprint density at radius 1 is 1.27 bits per heavy atom. The Morgan fingerprint density at radius 2 is 1.73 bits per heavy atom. The molecule has 0 atom stereocenters. The van der Waals surface area contributed by atoms with E-state index in [1.807, 2.05) is 0 Å². The van der Waals surface area contributed by atoms with Gasteiger partial charge in [0.15, 0.2) is 0 Å². The molecule has 1 heterocycles. The number of hydroxylamine groups is 2. The number of amides is 2. The molecule has 0 aromatic rings. The number of carbonyl (C=O) groups is 2. The van der Waals surface area contributed by atoms with Gasteiger partial charge in [0, 0.05) is 54.6 Å². The predicted molar refractivity (Wildman–Crippen MR) is 27.9 cm³/mol. The molecule has 0 saturated carbocycles. The monoisotopic (exact) mass is 282 g/mol. The fraction of sp³-hybridized carbons (Fsp3) is 0.400. The van der Waals surface area contributed by atoms with Crippen LogP contribution < -0.4 is 0 Å². The van der Waals surface area contributed by atoms with Crippen molar-refractivity contribution in [3.8, 4) is 0 Å². The van der Waals surface area contributed by atoms with E-state index in [4.69, 9.17) is 0 Å². The molecular formula is C5H4CeNO4-. The molecule has 0 spiro atoms. The molecular weight excluding hydrogens is 278 g/mol. The van der Waals surface area contributed by atoms with Gasteiger partial charge in [0.05, 0.1) is 0 Å². The number of nitrogens with zero attached hydrogens (tertiary/aromatic N) is 1. The molecule has 58 valence electrons. The van der Waals surface area contributed by atoms with E-state index in [-0.39, 0.29) is 54.6 Å². The van der Waals surface area contributed by atoms with Crippen LogP contribution in [-0.4, -0.2) is 23.3 Å². The Bertz CT molecular complexity index is 177. The van der Waals surface area contributed by atoms with Crippen molar-refractivity contribution in [2.45, 2.75) is 12.8 Å². The van der Waals surface area contributed by atoms with Gasteiger partial charge < -0.3 is 9.63 Å². The number of hydrogen-bond donors (Lipinski definition) is 0. The van der Waals surface area contributed by atoms with E-state index in [1.54, 1.807) is 0 Å². The van der Waals surface area contributed by atoms with Gasteiger partial charge in [0.2, 0.25) is 0 Å². The molecule has 1 fully saturated rings. The molecule has 0 aliphatic carbocycles. The van der Waals surface area contributed by atoms with Crippen LogP contribution in [0.1, 0.15) is 12.8 Å². The minimum atomic E-state index is -0.492. The predicted octanol–water partition coefficient (Wildman–Crippen LogP) is -0.866. The first kappa shape index (κ1) is 11.0. The van der Waals surface area contributed by atoms with Gasteiger partial charge in [-0.3, -0.25) is 9.59 Å². The molecule has 0 bridgehead atoms. The first-order valence-corrected chi connectivity index (χ1v) is 2.65. The summed E-state index contributed by atoms with van der Waals surface area (Å²) in [6.07, 6.45) is 0.223. The molecule has 0 aromatic heterocycles. The molecule has 1 aliphatic heterocycles. The van der Waals surface area contributed by atoms with Gasteiger partial charge in [-0.05, 0) is 6.47 Å². The Labute approximate surface area is 96.4 Å². The maximum Gasteiger partial charge on any atom is 0.260 e. The second kappa shape index (κ2) is 4.78. The molecule has 0 radical (unpaired) electrons. The fourth-order valence-corrected chi connectivity index (χ4v) is 0.695. The van der Waals surface area contributed by atoms with Crippen LogP contribution in [0.25, 0.3) is 0 Å². The standard InChI is InChI=1S/C5H4NO4.Ce/c7-3-10-6-4(8)1-2-5(6)9;/h1-2H2;/q-1;. The van der Waals surface area contributed by atoms with Gasteiger partial charge in [-0.25, -0.2) is 0 Å². The zero-order valence-electron chi connectivity index (χ0n) is 5.49. The van der Waals surface area contributed by atoms with Crippen LogP contribution in [0.2, 0.25) is 0 Å². The first-order valence-electron chi connectivity index (χ1n) is 2.65. The zero-order chi connectivity index (χ0) is 7.56. The molecule has 1 rings (SSSR count). The molecule has 1 saturated heterocycles. The van der Waals surface area contributed by atoms with Crippen LogP contribution in [-0.2, 0) is 19.2 Å². The van der Waals surface area contributed by atoms with Crippen molar-refractivity contribution in [3.05, 3.63) is 0 Å². The zero-order valence-corrected chi connectivity index (χ0v) is 8.63. The number of imide groups is 1. The summed E-state index contributed by atoms with van der Waals surface area (Å²) in [5, 5.41) is 0.424. The second-order valence-corrected chi connectivity index (χ2v) is 1.76. The van der Waals surface area contributed by atoms with Gasteiger partial charge in [-0.15, -0.1) is 5.06 Å². The molecule has 2 amide bonds. The van der Waals surface area contributed by atoms with Crippen molar-refractivity contribution in [3.63, 3.8) is 0 Å². The van der Waals surface area contributed by atoms with Crippen LogP contribution in [0.3, 0.4) is 0 Å². The van der Waals surface area contributed by atoms with E-state index < -0.39 is 11.8 Å². The topological polar surface area (TPSA) is 63.7 Å². The maximum atomic E-state index is 10.6. The summed E-state index contributed by atoms with van der Waals surface area (Å²) in [6.45, 7) is 1.00. The number of carbonyl (C=O) groups excluding carboxylic acids is 3. The molecule has 5 nitrogen and oxygen atoms in total. The SMILES string of the molecule is O=[C-]ON1C(=O)CCC1=O.[Ce].